The largest absolute Gasteiger partial charge is 0.392 e. The molecule has 2 nitrogen and oxygen atoms in total. The van der Waals surface area contributed by atoms with Crippen molar-refractivity contribution >= 4 is 39.3 Å². The number of aldehydes is 1. The molecule has 0 aliphatic heterocycles. The zero-order valence-corrected chi connectivity index (χ0v) is 8.73. The minimum atomic E-state index is -0.135. The Morgan fingerprint density at radius 2 is 2.29 bits per heavy atom. The van der Waals surface area contributed by atoms with Crippen molar-refractivity contribution < 1.29 is 9.90 Å². The summed E-state index contributed by atoms with van der Waals surface area (Å²) in [5.74, 6) is 0. The van der Waals surface area contributed by atoms with Gasteiger partial charge in [-0.2, -0.15) is 0 Å². The zero-order valence-electron chi connectivity index (χ0n) is 7.16. The van der Waals surface area contributed by atoms with Crippen LogP contribution >= 0.6 is 22.9 Å². The second kappa shape index (κ2) is 3.69. The van der Waals surface area contributed by atoms with Crippen LogP contribution in [0.5, 0.6) is 0 Å². The average molecular weight is 227 g/mol. The van der Waals surface area contributed by atoms with Gasteiger partial charge in [-0.05, 0) is 6.07 Å². The topological polar surface area (TPSA) is 37.3 Å². The number of carbonyl (C=O) groups is 1. The molecule has 0 spiro atoms. The second-order valence-corrected chi connectivity index (χ2v) is 4.50. The first kappa shape index (κ1) is 9.65. The van der Waals surface area contributed by atoms with E-state index in [4.69, 9.17) is 16.7 Å². The van der Waals surface area contributed by atoms with Gasteiger partial charge in [0.25, 0.3) is 0 Å². The molecule has 1 N–H and O–H groups in total. The highest BCUT2D eigenvalue weighted by atomic mass is 35.5. The molecule has 0 radical (unpaired) electrons. The molecule has 1 aromatic carbocycles. The third kappa shape index (κ3) is 1.34. The van der Waals surface area contributed by atoms with E-state index >= 15 is 0 Å². The predicted octanol–water partition coefficient (Wildman–Crippen LogP) is 2.86. The molecule has 2 rings (SSSR count). The number of rotatable bonds is 2. The van der Waals surface area contributed by atoms with Crippen molar-refractivity contribution in [3.63, 3.8) is 0 Å². The minimum Gasteiger partial charge on any atom is -0.392 e. The van der Waals surface area contributed by atoms with Crippen molar-refractivity contribution in [2.45, 2.75) is 6.61 Å². The van der Waals surface area contributed by atoms with Crippen molar-refractivity contribution in [2.24, 2.45) is 0 Å². The maximum absolute atomic E-state index is 10.8. The number of aliphatic hydroxyl groups excluding tert-OH is 1. The first-order valence-electron chi connectivity index (χ1n) is 4.04. The van der Waals surface area contributed by atoms with E-state index in [1.54, 1.807) is 12.1 Å². The highest BCUT2D eigenvalue weighted by molar-refractivity contribution is 7.23. The van der Waals surface area contributed by atoms with E-state index in [1.165, 1.54) is 11.3 Å². The maximum atomic E-state index is 10.8. The van der Waals surface area contributed by atoms with Crippen molar-refractivity contribution in [3.05, 3.63) is 33.7 Å². The summed E-state index contributed by atoms with van der Waals surface area (Å²) in [6.45, 7) is -0.135. The predicted molar refractivity (Wildman–Crippen MR) is 58.1 cm³/mol. The minimum absolute atomic E-state index is 0.135. The van der Waals surface area contributed by atoms with Crippen molar-refractivity contribution in [2.75, 3.05) is 0 Å². The lowest BCUT2D eigenvalue weighted by Gasteiger charge is -1.97. The Morgan fingerprint density at radius 1 is 1.50 bits per heavy atom. The number of hydrogen-bond acceptors (Lipinski definition) is 3. The van der Waals surface area contributed by atoms with E-state index in [1.807, 2.05) is 6.07 Å². The van der Waals surface area contributed by atoms with Gasteiger partial charge >= 0.3 is 0 Å². The van der Waals surface area contributed by atoms with Crippen LogP contribution in [-0.4, -0.2) is 11.4 Å². The fourth-order valence-corrected chi connectivity index (χ4v) is 2.83. The molecule has 0 saturated carbocycles. The summed E-state index contributed by atoms with van der Waals surface area (Å²) >= 11 is 7.32. The summed E-state index contributed by atoms with van der Waals surface area (Å²) in [5.41, 5.74) is 1.23. The number of aliphatic hydroxyl groups is 1. The van der Waals surface area contributed by atoms with Gasteiger partial charge in [-0.1, -0.05) is 23.7 Å². The monoisotopic (exact) mass is 226 g/mol. The smallest absolute Gasteiger partial charge is 0.150 e. The molecule has 0 bridgehead atoms. The molecule has 0 aliphatic carbocycles. The Labute approximate surface area is 89.7 Å². The molecule has 0 amide bonds. The van der Waals surface area contributed by atoms with Gasteiger partial charge in [0.15, 0.2) is 6.29 Å². The van der Waals surface area contributed by atoms with Crippen molar-refractivity contribution in [3.8, 4) is 0 Å². The summed E-state index contributed by atoms with van der Waals surface area (Å²) in [6.07, 6.45) is 0.782. The van der Waals surface area contributed by atoms with Crippen LogP contribution in [-0.2, 0) is 6.61 Å². The quantitative estimate of drug-likeness (QED) is 0.800. The summed E-state index contributed by atoms with van der Waals surface area (Å²) in [7, 11) is 0. The van der Waals surface area contributed by atoms with Crippen LogP contribution in [0, 0.1) is 0 Å². The first-order valence-corrected chi connectivity index (χ1v) is 5.23. The second-order valence-electron chi connectivity index (χ2n) is 2.85. The van der Waals surface area contributed by atoms with Crippen molar-refractivity contribution in [1.82, 2.24) is 0 Å². The van der Waals surface area contributed by atoms with Crippen LogP contribution in [0.1, 0.15) is 15.9 Å². The third-order valence-electron chi connectivity index (χ3n) is 2.08. The van der Waals surface area contributed by atoms with Gasteiger partial charge in [0.05, 0.1) is 10.9 Å². The van der Waals surface area contributed by atoms with Crippen LogP contribution in [0.25, 0.3) is 10.1 Å². The highest BCUT2D eigenvalue weighted by Crippen LogP contribution is 2.36. The summed E-state index contributed by atoms with van der Waals surface area (Å²) in [6, 6.07) is 5.41. The maximum Gasteiger partial charge on any atom is 0.150 e. The Kier molecular flexibility index (Phi) is 2.54. The van der Waals surface area contributed by atoms with Gasteiger partial charge in [0, 0.05) is 21.2 Å². The molecule has 0 saturated heterocycles. The van der Waals surface area contributed by atoms with E-state index in [0.717, 1.165) is 16.4 Å². The Hall–Kier alpha value is -0.900. The Bertz CT molecular complexity index is 490. The molecule has 4 heteroatoms. The van der Waals surface area contributed by atoms with Crippen LogP contribution in [0.4, 0.5) is 0 Å². The number of benzene rings is 1. The lowest BCUT2D eigenvalue weighted by atomic mass is 10.1. The molecule has 72 valence electrons. The van der Waals surface area contributed by atoms with E-state index in [2.05, 4.69) is 0 Å². The molecular weight excluding hydrogens is 220 g/mol. The third-order valence-corrected chi connectivity index (χ3v) is 3.53. The van der Waals surface area contributed by atoms with E-state index in [-0.39, 0.29) is 6.61 Å². The molecule has 0 aliphatic rings. The molecule has 2 aromatic rings. The average Bonchev–Trinajstić information content (AvgIpc) is 2.52. The summed E-state index contributed by atoms with van der Waals surface area (Å²) in [5, 5.41) is 9.91. The zero-order chi connectivity index (χ0) is 10.1. The number of hydrogen-bond donors (Lipinski definition) is 1. The van der Waals surface area contributed by atoms with Gasteiger partial charge in [-0.25, -0.2) is 0 Å². The lowest BCUT2D eigenvalue weighted by molar-refractivity contribution is 0.112. The van der Waals surface area contributed by atoms with Crippen LogP contribution in [0.15, 0.2) is 18.2 Å². The summed E-state index contributed by atoms with van der Waals surface area (Å²) in [4.78, 5) is 10.8. The number of thiophene rings is 1. The number of carbonyl (C=O) groups excluding carboxylic acids is 1. The Morgan fingerprint density at radius 3 is 2.93 bits per heavy atom. The fourth-order valence-electron chi connectivity index (χ4n) is 1.45. The van der Waals surface area contributed by atoms with Gasteiger partial charge in [0.1, 0.15) is 0 Å². The SMILES string of the molecule is O=Cc1cccc2sc(Cl)c(CO)c12. The van der Waals surface area contributed by atoms with Gasteiger partial charge in [0.2, 0.25) is 0 Å². The number of fused-ring (bicyclic) bond motifs is 1. The van der Waals surface area contributed by atoms with Gasteiger partial charge in [-0.15, -0.1) is 11.3 Å². The highest BCUT2D eigenvalue weighted by Gasteiger charge is 2.12. The molecule has 1 aromatic heterocycles. The normalized spacial score (nSPS) is 10.7. The lowest BCUT2D eigenvalue weighted by Crippen LogP contribution is -1.86. The molecule has 0 fully saturated rings. The standard InChI is InChI=1S/C10H7ClO2S/c11-10-7(5-13)9-6(4-12)2-1-3-8(9)14-10/h1-4,13H,5H2. The van der Waals surface area contributed by atoms with Crippen LogP contribution in [0.3, 0.4) is 0 Å². The summed E-state index contributed by atoms with van der Waals surface area (Å²) < 4.78 is 1.49. The first-order chi connectivity index (χ1) is 6.77. The molecule has 0 atom stereocenters. The van der Waals surface area contributed by atoms with Crippen LogP contribution in [0.2, 0.25) is 4.34 Å². The van der Waals surface area contributed by atoms with E-state index in [9.17, 15) is 4.79 Å². The molecule has 0 unspecified atom stereocenters. The van der Waals surface area contributed by atoms with Crippen molar-refractivity contribution in [1.29, 1.82) is 0 Å². The molecule has 1 heterocycles. The molecular formula is C10H7ClO2S. The van der Waals surface area contributed by atoms with Gasteiger partial charge in [-0.3, -0.25) is 4.79 Å². The van der Waals surface area contributed by atoms with Gasteiger partial charge < -0.3 is 5.11 Å². The van der Waals surface area contributed by atoms with E-state index < -0.39 is 0 Å². The van der Waals surface area contributed by atoms with Crippen LogP contribution < -0.4 is 0 Å². The fraction of sp³-hybridized carbons (Fsp3) is 0.100. The Balaban J connectivity index is 2.89. The van der Waals surface area contributed by atoms with E-state index in [0.29, 0.717) is 15.5 Å². The number of halogens is 1. The molecule has 14 heavy (non-hydrogen) atoms.